The third-order valence-electron chi connectivity index (χ3n) is 4.88. The average Bonchev–Trinajstić information content (AvgIpc) is 3.23. The lowest BCUT2D eigenvalue weighted by Gasteiger charge is -2.33. The van der Waals surface area contributed by atoms with Gasteiger partial charge in [-0.05, 0) is 56.9 Å². The van der Waals surface area contributed by atoms with Gasteiger partial charge in [0, 0.05) is 25.7 Å². The van der Waals surface area contributed by atoms with Crippen molar-refractivity contribution in [1.82, 2.24) is 10.2 Å². The highest BCUT2D eigenvalue weighted by Crippen LogP contribution is 2.19. The lowest BCUT2D eigenvalue weighted by Crippen LogP contribution is -2.49. The predicted octanol–water partition coefficient (Wildman–Crippen LogP) is 1.75. The molecule has 27 heavy (non-hydrogen) atoms. The number of hydrogen-bond donors (Lipinski definition) is 1. The highest BCUT2D eigenvalue weighted by Gasteiger charge is 2.31. The molecule has 2 aliphatic heterocycles. The van der Waals surface area contributed by atoms with Crippen molar-refractivity contribution in [2.45, 2.75) is 44.8 Å². The van der Waals surface area contributed by atoms with Gasteiger partial charge in [0.1, 0.15) is 17.6 Å². The number of likely N-dealkylation sites (tertiary alicyclic amines) is 1. The molecule has 1 atom stereocenters. The highest BCUT2D eigenvalue weighted by atomic mass is 16.5. The summed E-state index contributed by atoms with van der Waals surface area (Å²) >= 11 is 0. The molecule has 0 aromatic heterocycles. The smallest absolute Gasteiger partial charge is 0.258 e. The first kappa shape index (κ1) is 19.5. The first-order chi connectivity index (χ1) is 13.2. The number of nitrogens with one attached hydrogen (secondary N) is 1. The third kappa shape index (κ3) is 5.60. The molecule has 0 saturated carbocycles. The van der Waals surface area contributed by atoms with Gasteiger partial charge in [-0.25, -0.2) is 0 Å². The van der Waals surface area contributed by atoms with Crippen molar-refractivity contribution in [3.8, 4) is 11.5 Å². The topological polar surface area (TPSA) is 77.1 Å². The fourth-order valence-electron chi connectivity index (χ4n) is 3.44. The van der Waals surface area contributed by atoms with Crippen LogP contribution < -0.4 is 14.8 Å². The predicted molar refractivity (Wildman–Crippen MR) is 99.8 cm³/mol. The average molecular weight is 376 g/mol. The van der Waals surface area contributed by atoms with E-state index in [1.807, 2.05) is 24.0 Å². The van der Waals surface area contributed by atoms with Gasteiger partial charge in [0.25, 0.3) is 11.8 Å². The van der Waals surface area contributed by atoms with E-state index in [-0.39, 0.29) is 30.6 Å². The van der Waals surface area contributed by atoms with Crippen LogP contribution in [-0.2, 0) is 14.3 Å². The van der Waals surface area contributed by atoms with Gasteiger partial charge < -0.3 is 24.4 Å². The highest BCUT2D eigenvalue weighted by molar-refractivity contribution is 5.81. The number of benzene rings is 1. The van der Waals surface area contributed by atoms with E-state index in [4.69, 9.17) is 14.2 Å². The Balaban J connectivity index is 1.36. The van der Waals surface area contributed by atoms with Crippen molar-refractivity contribution < 1.29 is 23.8 Å². The fourth-order valence-corrected chi connectivity index (χ4v) is 3.44. The van der Waals surface area contributed by atoms with Gasteiger partial charge in [-0.1, -0.05) is 0 Å². The van der Waals surface area contributed by atoms with Crippen LogP contribution in [0.2, 0.25) is 0 Å². The van der Waals surface area contributed by atoms with E-state index in [1.165, 1.54) is 0 Å². The number of ether oxygens (including phenoxy) is 3. The molecule has 1 aromatic carbocycles. The molecule has 1 N–H and O–H groups in total. The summed E-state index contributed by atoms with van der Waals surface area (Å²) in [4.78, 5) is 26.3. The van der Waals surface area contributed by atoms with Crippen molar-refractivity contribution in [3.05, 3.63) is 24.3 Å². The second kappa shape index (κ2) is 9.60. The second-order valence-electron chi connectivity index (χ2n) is 6.86. The first-order valence-electron chi connectivity index (χ1n) is 9.71. The number of nitrogens with zero attached hydrogens (tertiary/aromatic N) is 1. The Kier molecular flexibility index (Phi) is 6.92. The van der Waals surface area contributed by atoms with E-state index >= 15 is 0 Å². The molecule has 2 heterocycles. The maximum atomic E-state index is 12.3. The van der Waals surface area contributed by atoms with Gasteiger partial charge in [0.05, 0.1) is 6.61 Å². The Morgan fingerprint density at radius 1 is 1.11 bits per heavy atom. The number of amides is 2. The number of piperidine rings is 1. The van der Waals surface area contributed by atoms with Crippen LogP contribution in [0.3, 0.4) is 0 Å². The van der Waals surface area contributed by atoms with E-state index in [2.05, 4.69) is 5.32 Å². The minimum atomic E-state index is -0.265. The van der Waals surface area contributed by atoms with Crippen LogP contribution >= 0.6 is 0 Å². The Morgan fingerprint density at radius 2 is 1.78 bits per heavy atom. The van der Waals surface area contributed by atoms with Crippen molar-refractivity contribution >= 4 is 11.8 Å². The monoisotopic (exact) mass is 376 g/mol. The number of hydrogen-bond acceptors (Lipinski definition) is 5. The Bertz CT molecular complexity index is 620. The summed E-state index contributed by atoms with van der Waals surface area (Å²) in [5.74, 6) is 1.35. The molecule has 148 valence electrons. The second-order valence-corrected chi connectivity index (χ2v) is 6.86. The van der Waals surface area contributed by atoms with E-state index in [9.17, 15) is 9.59 Å². The number of rotatable bonds is 7. The summed E-state index contributed by atoms with van der Waals surface area (Å²) in [7, 11) is 0. The Hall–Kier alpha value is -2.28. The molecule has 0 aliphatic carbocycles. The van der Waals surface area contributed by atoms with Crippen LogP contribution in [0.25, 0.3) is 0 Å². The molecular formula is C20H28N2O5. The molecule has 3 rings (SSSR count). The van der Waals surface area contributed by atoms with Gasteiger partial charge in [-0.3, -0.25) is 9.59 Å². The minimum absolute atomic E-state index is 0.0248. The molecule has 7 nitrogen and oxygen atoms in total. The zero-order chi connectivity index (χ0) is 19.1. The van der Waals surface area contributed by atoms with Gasteiger partial charge >= 0.3 is 0 Å². The van der Waals surface area contributed by atoms with Crippen molar-refractivity contribution in [3.63, 3.8) is 0 Å². The van der Waals surface area contributed by atoms with Crippen LogP contribution in [0.5, 0.6) is 11.5 Å². The summed E-state index contributed by atoms with van der Waals surface area (Å²) < 4.78 is 16.4. The van der Waals surface area contributed by atoms with Crippen LogP contribution in [0.4, 0.5) is 0 Å². The van der Waals surface area contributed by atoms with Crippen molar-refractivity contribution in [1.29, 1.82) is 0 Å². The van der Waals surface area contributed by atoms with Crippen molar-refractivity contribution in [2.24, 2.45) is 0 Å². The molecular weight excluding hydrogens is 348 g/mol. The minimum Gasteiger partial charge on any atom is -0.494 e. The molecule has 0 spiro atoms. The fraction of sp³-hybridized carbons (Fsp3) is 0.600. The molecule has 2 saturated heterocycles. The quantitative estimate of drug-likeness (QED) is 0.785. The van der Waals surface area contributed by atoms with Crippen LogP contribution in [0.1, 0.15) is 32.6 Å². The maximum absolute atomic E-state index is 12.3. The van der Waals surface area contributed by atoms with Crippen LogP contribution in [-0.4, -0.2) is 61.8 Å². The number of carbonyl (C=O) groups is 2. The molecule has 0 radical (unpaired) electrons. The molecule has 2 amide bonds. The summed E-state index contributed by atoms with van der Waals surface area (Å²) in [6.07, 6.45) is 3.02. The summed E-state index contributed by atoms with van der Waals surface area (Å²) in [5.41, 5.74) is 0. The lowest BCUT2D eigenvalue weighted by molar-refractivity contribution is -0.142. The van der Waals surface area contributed by atoms with Gasteiger partial charge in [-0.2, -0.15) is 0 Å². The lowest BCUT2D eigenvalue weighted by atomic mass is 10.0. The maximum Gasteiger partial charge on any atom is 0.258 e. The standard InChI is InChI=1S/C20H28N2O5/c1-2-25-16-5-7-17(8-6-16)27-14-19(23)21-15-9-11-22(12-10-15)20(24)18-4-3-13-26-18/h5-8,15,18H,2-4,9-14H2,1H3,(H,21,23). The SMILES string of the molecule is CCOc1ccc(OCC(=O)NC2CCN(C(=O)C3CCCO3)CC2)cc1. The Labute approximate surface area is 160 Å². The molecule has 2 fully saturated rings. The zero-order valence-corrected chi connectivity index (χ0v) is 15.8. The molecule has 2 aliphatic rings. The van der Waals surface area contributed by atoms with Crippen LogP contribution in [0, 0.1) is 0 Å². The van der Waals surface area contributed by atoms with E-state index in [0.717, 1.165) is 31.4 Å². The van der Waals surface area contributed by atoms with Gasteiger partial charge in [0.15, 0.2) is 6.61 Å². The number of carbonyl (C=O) groups excluding carboxylic acids is 2. The van der Waals surface area contributed by atoms with Gasteiger partial charge in [-0.15, -0.1) is 0 Å². The zero-order valence-electron chi connectivity index (χ0n) is 15.8. The molecule has 1 aromatic rings. The van der Waals surface area contributed by atoms with E-state index in [0.29, 0.717) is 32.1 Å². The Morgan fingerprint density at radius 3 is 2.37 bits per heavy atom. The van der Waals surface area contributed by atoms with Crippen LogP contribution in [0.15, 0.2) is 24.3 Å². The third-order valence-corrected chi connectivity index (χ3v) is 4.88. The first-order valence-corrected chi connectivity index (χ1v) is 9.71. The molecule has 7 heteroatoms. The molecule has 1 unspecified atom stereocenters. The normalized spacial score (nSPS) is 20.3. The van der Waals surface area contributed by atoms with E-state index in [1.54, 1.807) is 12.1 Å². The largest absolute Gasteiger partial charge is 0.494 e. The molecule has 0 bridgehead atoms. The summed E-state index contributed by atoms with van der Waals surface area (Å²) in [6, 6.07) is 7.28. The summed E-state index contributed by atoms with van der Waals surface area (Å²) in [5, 5.41) is 2.99. The van der Waals surface area contributed by atoms with E-state index < -0.39 is 0 Å². The summed E-state index contributed by atoms with van der Waals surface area (Å²) in [6.45, 7) is 4.51. The van der Waals surface area contributed by atoms with Crippen molar-refractivity contribution in [2.75, 3.05) is 32.9 Å². The van der Waals surface area contributed by atoms with Gasteiger partial charge in [0.2, 0.25) is 0 Å².